The number of nitrogens with zero attached hydrogens (tertiary/aromatic N) is 2. The lowest BCUT2D eigenvalue weighted by molar-refractivity contribution is -0.120. The first-order valence-electron chi connectivity index (χ1n) is 5.48. The molecule has 2 aliphatic rings. The third kappa shape index (κ3) is 2.31. The summed E-state index contributed by atoms with van der Waals surface area (Å²) in [5.41, 5.74) is 0.796. The first kappa shape index (κ1) is 10.7. The summed E-state index contributed by atoms with van der Waals surface area (Å²) in [5.74, 6) is 0.482. The van der Waals surface area contributed by atoms with Crippen LogP contribution in [0.4, 0.5) is 0 Å². The lowest BCUT2D eigenvalue weighted by Crippen LogP contribution is -2.37. The van der Waals surface area contributed by atoms with Crippen LogP contribution in [0.1, 0.15) is 24.4 Å². The van der Waals surface area contributed by atoms with Crippen molar-refractivity contribution in [3.63, 3.8) is 0 Å². The summed E-state index contributed by atoms with van der Waals surface area (Å²) >= 11 is 3.34. The van der Waals surface area contributed by atoms with E-state index in [-0.39, 0.29) is 5.91 Å². The van der Waals surface area contributed by atoms with Gasteiger partial charge in [-0.15, -0.1) is 0 Å². The number of carbonyl (C=O) groups excluding carboxylic acids is 1. The summed E-state index contributed by atoms with van der Waals surface area (Å²) in [5, 5.41) is 5.93. The molecule has 1 aliphatic carbocycles. The summed E-state index contributed by atoms with van der Waals surface area (Å²) in [4.78, 5) is 20.2. The van der Waals surface area contributed by atoms with Crippen LogP contribution in [-0.2, 0) is 4.79 Å². The SMILES string of the molecule is O=C1NC(NC2CC2)=NC1c1cncc(Br)c1. The predicted octanol–water partition coefficient (Wildman–Crippen LogP) is 1.12. The molecule has 0 aromatic carbocycles. The Morgan fingerprint density at radius 1 is 1.41 bits per heavy atom. The summed E-state index contributed by atoms with van der Waals surface area (Å²) < 4.78 is 0.849. The second kappa shape index (κ2) is 4.10. The standard InChI is InChI=1S/C11H11BrN4O/c12-7-3-6(4-13-5-7)9-10(17)16-11(15-9)14-8-1-2-8/h3-5,8-9H,1-2H2,(H2,14,15,16,17). The van der Waals surface area contributed by atoms with Gasteiger partial charge in [-0.3, -0.25) is 15.1 Å². The van der Waals surface area contributed by atoms with E-state index in [2.05, 4.69) is 36.5 Å². The molecule has 1 amide bonds. The fraction of sp³-hybridized carbons (Fsp3) is 0.364. The molecule has 1 aliphatic heterocycles. The Labute approximate surface area is 107 Å². The molecule has 1 saturated carbocycles. The van der Waals surface area contributed by atoms with Gasteiger partial charge < -0.3 is 5.32 Å². The van der Waals surface area contributed by atoms with E-state index < -0.39 is 6.04 Å². The molecule has 3 rings (SSSR count). The van der Waals surface area contributed by atoms with Gasteiger partial charge in [0.05, 0.1) is 0 Å². The average molecular weight is 295 g/mol. The van der Waals surface area contributed by atoms with E-state index in [1.807, 2.05) is 6.07 Å². The van der Waals surface area contributed by atoms with E-state index in [1.165, 1.54) is 0 Å². The number of hydrogen-bond acceptors (Lipinski definition) is 4. The molecule has 0 spiro atoms. The molecule has 1 aromatic heterocycles. The molecule has 1 fully saturated rings. The molecule has 88 valence electrons. The molecular formula is C11H11BrN4O. The highest BCUT2D eigenvalue weighted by Crippen LogP contribution is 2.24. The van der Waals surface area contributed by atoms with Gasteiger partial charge in [-0.05, 0) is 34.8 Å². The molecule has 2 heterocycles. The lowest BCUT2D eigenvalue weighted by Gasteiger charge is -2.03. The number of aliphatic imine (C=N–C) groups is 1. The number of hydrogen-bond donors (Lipinski definition) is 2. The van der Waals surface area contributed by atoms with Crippen LogP contribution in [0.2, 0.25) is 0 Å². The van der Waals surface area contributed by atoms with Gasteiger partial charge in [0.2, 0.25) is 0 Å². The van der Waals surface area contributed by atoms with Crippen LogP contribution in [0, 0.1) is 0 Å². The molecule has 0 saturated heterocycles. The molecular weight excluding hydrogens is 284 g/mol. The van der Waals surface area contributed by atoms with Crippen LogP contribution in [0.3, 0.4) is 0 Å². The Morgan fingerprint density at radius 2 is 2.24 bits per heavy atom. The van der Waals surface area contributed by atoms with Gasteiger partial charge in [-0.1, -0.05) is 0 Å². The minimum Gasteiger partial charge on any atom is -0.353 e. The normalized spacial score (nSPS) is 23.2. The zero-order valence-electron chi connectivity index (χ0n) is 8.98. The minimum absolute atomic E-state index is 0.104. The van der Waals surface area contributed by atoms with Crippen LogP contribution in [0.5, 0.6) is 0 Å². The highest BCUT2D eigenvalue weighted by atomic mass is 79.9. The second-order valence-corrected chi connectivity index (χ2v) is 5.14. The number of nitrogens with one attached hydrogen (secondary N) is 2. The van der Waals surface area contributed by atoms with Crippen LogP contribution >= 0.6 is 15.9 Å². The Balaban J connectivity index is 1.82. The lowest BCUT2D eigenvalue weighted by atomic mass is 10.1. The number of amides is 1. The first-order valence-corrected chi connectivity index (χ1v) is 6.27. The Kier molecular flexibility index (Phi) is 2.58. The van der Waals surface area contributed by atoms with Crippen LogP contribution in [0.15, 0.2) is 27.9 Å². The summed E-state index contributed by atoms with van der Waals surface area (Å²) in [6.07, 6.45) is 5.65. The number of halogens is 1. The van der Waals surface area contributed by atoms with Gasteiger partial charge in [-0.2, -0.15) is 0 Å². The van der Waals surface area contributed by atoms with Crippen molar-refractivity contribution in [1.82, 2.24) is 15.6 Å². The van der Waals surface area contributed by atoms with Crippen molar-refractivity contribution in [2.45, 2.75) is 24.9 Å². The van der Waals surface area contributed by atoms with Crippen molar-refractivity contribution < 1.29 is 4.79 Å². The topological polar surface area (TPSA) is 66.4 Å². The zero-order valence-corrected chi connectivity index (χ0v) is 10.6. The fourth-order valence-electron chi connectivity index (χ4n) is 1.70. The molecule has 1 atom stereocenters. The van der Waals surface area contributed by atoms with Crippen molar-refractivity contribution in [1.29, 1.82) is 0 Å². The van der Waals surface area contributed by atoms with Crippen molar-refractivity contribution in [2.75, 3.05) is 0 Å². The van der Waals surface area contributed by atoms with E-state index in [0.29, 0.717) is 12.0 Å². The zero-order chi connectivity index (χ0) is 11.8. The van der Waals surface area contributed by atoms with E-state index in [1.54, 1.807) is 12.4 Å². The third-order valence-corrected chi connectivity index (χ3v) is 3.14. The maximum atomic E-state index is 11.8. The predicted molar refractivity (Wildman–Crippen MR) is 66.4 cm³/mol. The van der Waals surface area contributed by atoms with Crippen molar-refractivity contribution in [3.8, 4) is 0 Å². The number of guanidine groups is 1. The molecule has 0 radical (unpaired) electrons. The fourth-order valence-corrected chi connectivity index (χ4v) is 2.09. The number of pyridine rings is 1. The third-order valence-electron chi connectivity index (χ3n) is 2.71. The van der Waals surface area contributed by atoms with Crippen molar-refractivity contribution >= 4 is 27.8 Å². The average Bonchev–Trinajstić information content (AvgIpc) is 3.01. The quantitative estimate of drug-likeness (QED) is 0.859. The number of carbonyl (C=O) groups is 1. The Hall–Kier alpha value is -1.43. The Morgan fingerprint density at radius 3 is 2.94 bits per heavy atom. The molecule has 0 bridgehead atoms. The maximum Gasteiger partial charge on any atom is 0.256 e. The van der Waals surface area contributed by atoms with Gasteiger partial charge in [0.1, 0.15) is 0 Å². The highest BCUT2D eigenvalue weighted by Gasteiger charge is 2.31. The van der Waals surface area contributed by atoms with Crippen LogP contribution in [-0.4, -0.2) is 22.9 Å². The van der Waals surface area contributed by atoms with Gasteiger partial charge >= 0.3 is 0 Å². The van der Waals surface area contributed by atoms with Crippen LogP contribution < -0.4 is 10.6 Å². The largest absolute Gasteiger partial charge is 0.353 e. The van der Waals surface area contributed by atoms with Crippen LogP contribution in [0.25, 0.3) is 0 Å². The highest BCUT2D eigenvalue weighted by molar-refractivity contribution is 9.10. The number of aromatic nitrogens is 1. The van der Waals surface area contributed by atoms with Gasteiger partial charge in [0.25, 0.3) is 5.91 Å². The van der Waals surface area contributed by atoms with E-state index in [9.17, 15) is 4.79 Å². The molecule has 5 nitrogen and oxygen atoms in total. The van der Waals surface area contributed by atoms with E-state index in [4.69, 9.17) is 0 Å². The smallest absolute Gasteiger partial charge is 0.256 e. The van der Waals surface area contributed by atoms with E-state index >= 15 is 0 Å². The second-order valence-electron chi connectivity index (χ2n) is 4.22. The molecule has 17 heavy (non-hydrogen) atoms. The van der Waals surface area contributed by atoms with Gasteiger partial charge in [0, 0.05) is 28.5 Å². The molecule has 6 heteroatoms. The molecule has 1 aromatic rings. The summed E-state index contributed by atoms with van der Waals surface area (Å²) in [6.45, 7) is 0. The maximum absolute atomic E-state index is 11.8. The summed E-state index contributed by atoms with van der Waals surface area (Å²) in [7, 11) is 0. The van der Waals surface area contributed by atoms with Crippen molar-refractivity contribution in [3.05, 3.63) is 28.5 Å². The van der Waals surface area contributed by atoms with Crippen molar-refractivity contribution in [2.24, 2.45) is 4.99 Å². The number of rotatable bonds is 2. The van der Waals surface area contributed by atoms with E-state index in [0.717, 1.165) is 22.9 Å². The first-order chi connectivity index (χ1) is 8.22. The summed E-state index contributed by atoms with van der Waals surface area (Å²) in [6, 6.07) is 1.86. The molecule has 1 unspecified atom stereocenters. The van der Waals surface area contributed by atoms with Gasteiger partial charge in [-0.25, -0.2) is 4.99 Å². The monoisotopic (exact) mass is 294 g/mol. The minimum atomic E-state index is -0.485. The molecule has 2 N–H and O–H groups in total. The Bertz CT molecular complexity index is 498. The van der Waals surface area contributed by atoms with Gasteiger partial charge in [0.15, 0.2) is 12.0 Å².